The molecular formula is C30H29ClN4O2. The number of carbonyl (C=O) groups excluding carboxylic acids is 1. The Hall–Kier alpha value is -3.45. The summed E-state index contributed by atoms with van der Waals surface area (Å²) in [4.78, 5) is 19.9. The third-order valence-electron chi connectivity index (χ3n) is 7.18. The minimum absolute atomic E-state index is 0.117. The average Bonchev–Trinajstić information content (AvgIpc) is 3.69. The normalized spacial score (nSPS) is 19.5. The third-order valence-corrected chi connectivity index (χ3v) is 7.42. The molecule has 6 nitrogen and oxygen atoms in total. The monoisotopic (exact) mass is 512 g/mol. The number of benzene rings is 3. The first-order valence-corrected chi connectivity index (χ1v) is 13.1. The quantitative estimate of drug-likeness (QED) is 0.329. The van der Waals surface area contributed by atoms with Gasteiger partial charge in [0.1, 0.15) is 0 Å². The van der Waals surface area contributed by atoms with Gasteiger partial charge in [-0.15, -0.1) is 0 Å². The van der Waals surface area contributed by atoms with E-state index in [0.29, 0.717) is 5.92 Å². The number of hydrogen-bond acceptors (Lipinski definition) is 4. The topological polar surface area (TPSA) is 66.5 Å². The lowest BCUT2D eigenvalue weighted by Gasteiger charge is -2.26. The van der Waals surface area contributed by atoms with Crippen LogP contribution in [0.5, 0.6) is 0 Å². The number of nitrogens with zero attached hydrogens (tertiary/aromatic N) is 2. The molecule has 2 N–H and O–H groups in total. The minimum atomic E-state index is -0.193. The average molecular weight is 513 g/mol. The van der Waals surface area contributed by atoms with Crippen LogP contribution in [0.15, 0.2) is 79.0 Å². The second kappa shape index (κ2) is 10.5. The first-order chi connectivity index (χ1) is 18.1. The lowest BCUT2D eigenvalue weighted by Crippen LogP contribution is -2.35. The summed E-state index contributed by atoms with van der Waals surface area (Å²) in [6.45, 7) is 4.29. The Bertz CT molecular complexity index is 1420. The van der Waals surface area contributed by atoms with Crippen LogP contribution >= 0.6 is 11.6 Å². The minimum Gasteiger partial charge on any atom is -0.379 e. The van der Waals surface area contributed by atoms with Crippen molar-refractivity contribution in [3.63, 3.8) is 0 Å². The molecule has 1 saturated heterocycles. The van der Waals surface area contributed by atoms with Gasteiger partial charge in [-0.25, -0.2) is 4.79 Å². The van der Waals surface area contributed by atoms with E-state index in [-0.39, 0.29) is 12.1 Å². The zero-order valence-corrected chi connectivity index (χ0v) is 21.2. The van der Waals surface area contributed by atoms with Gasteiger partial charge < -0.3 is 15.4 Å². The number of carbonyl (C=O) groups is 1. The number of ether oxygens (including phenoxy) is 1. The molecule has 1 aromatic heterocycles. The van der Waals surface area contributed by atoms with Crippen molar-refractivity contribution in [3.05, 3.63) is 95.3 Å². The summed E-state index contributed by atoms with van der Waals surface area (Å²) in [6.07, 6.45) is 2.86. The Labute approximate surface area is 221 Å². The molecule has 188 valence electrons. The first-order valence-electron chi connectivity index (χ1n) is 12.7. The molecule has 2 heterocycles. The van der Waals surface area contributed by atoms with Gasteiger partial charge in [0.15, 0.2) is 0 Å². The molecule has 37 heavy (non-hydrogen) atoms. The number of urea groups is 1. The van der Waals surface area contributed by atoms with Crippen molar-refractivity contribution in [1.82, 2.24) is 15.2 Å². The van der Waals surface area contributed by atoms with Crippen LogP contribution in [-0.4, -0.2) is 48.3 Å². The van der Waals surface area contributed by atoms with Gasteiger partial charge >= 0.3 is 6.03 Å². The number of anilines is 1. The van der Waals surface area contributed by atoms with Crippen molar-refractivity contribution < 1.29 is 9.53 Å². The lowest BCUT2D eigenvalue weighted by molar-refractivity contribution is 0.0336. The standard InChI is InChI=1S/C30H29ClN4O2/c31-22-5-3-4-20(16-22)27-17-29(27)34-30(36)33-28-11-10-24(25-6-1-2-7-26(25)28)21-8-9-23(32-18-21)19-35-12-14-37-15-13-35/h1-11,16,18,27,29H,12-15,17,19H2,(H2,33,34,36)/t27-,29+/m0/s1. The maximum atomic E-state index is 12.8. The van der Waals surface area contributed by atoms with Crippen molar-refractivity contribution in [3.8, 4) is 11.1 Å². The second-order valence-electron chi connectivity index (χ2n) is 9.74. The molecule has 3 aromatic carbocycles. The highest BCUT2D eigenvalue weighted by molar-refractivity contribution is 6.30. The molecule has 6 rings (SSSR count). The van der Waals surface area contributed by atoms with Gasteiger partial charge in [-0.2, -0.15) is 0 Å². The zero-order valence-electron chi connectivity index (χ0n) is 20.5. The van der Waals surface area contributed by atoms with Crippen molar-refractivity contribution >= 4 is 34.1 Å². The number of pyridine rings is 1. The molecule has 2 aliphatic rings. The van der Waals surface area contributed by atoms with E-state index in [1.54, 1.807) is 0 Å². The van der Waals surface area contributed by atoms with Gasteiger partial charge in [0.2, 0.25) is 0 Å². The Morgan fingerprint density at radius 2 is 1.84 bits per heavy atom. The van der Waals surface area contributed by atoms with E-state index in [1.807, 2.05) is 48.7 Å². The smallest absolute Gasteiger partial charge is 0.319 e. The molecule has 0 radical (unpaired) electrons. The van der Waals surface area contributed by atoms with Gasteiger partial charge in [0.25, 0.3) is 0 Å². The fourth-order valence-corrected chi connectivity index (χ4v) is 5.31. The summed E-state index contributed by atoms with van der Waals surface area (Å²) in [6, 6.07) is 24.2. The number of rotatable bonds is 6. The van der Waals surface area contributed by atoms with Crippen LogP contribution in [0.4, 0.5) is 10.5 Å². The van der Waals surface area contributed by atoms with E-state index in [1.165, 1.54) is 0 Å². The van der Waals surface area contributed by atoms with Crippen LogP contribution in [0.25, 0.3) is 21.9 Å². The molecule has 1 saturated carbocycles. The van der Waals surface area contributed by atoms with E-state index >= 15 is 0 Å². The highest BCUT2D eigenvalue weighted by Gasteiger charge is 2.39. The number of morpholine rings is 1. The highest BCUT2D eigenvalue weighted by atomic mass is 35.5. The zero-order chi connectivity index (χ0) is 25.2. The summed E-state index contributed by atoms with van der Waals surface area (Å²) < 4.78 is 5.44. The number of amides is 2. The largest absolute Gasteiger partial charge is 0.379 e. The van der Waals surface area contributed by atoms with Gasteiger partial charge in [-0.05, 0) is 47.2 Å². The molecule has 1 aliphatic heterocycles. The molecule has 4 aromatic rings. The van der Waals surface area contributed by atoms with Gasteiger partial charge in [-0.1, -0.05) is 60.1 Å². The molecule has 2 amide bonds. The van der Waals surface area contributed by atoms with Gasteiger partial charge in [-0.3, -0.25) is 9.88 Å². The van der Waals surface area contributed by atoms with Crippen molar-refractivity contribution in [2.75, 3.05) is 31.6 Å². The van der Waals surface area contributed by atoms with Crippen LogP contribution in [0.2, 0.25) is 5.02 Å². The molecule has 0 bridgehead atoms. The number of aromatic nitrogens is 1. The number of nitrogens with one attached hydrogen (secondary N) is 2. The number of halogens is 1. The van der Waals surface area contributed by atoms with E-state index in [2.05, 4.69) is 45.9 Å². The summed E-state index contributed by atoms with van der Waals surface area (Å²) in [5.41, 5.74) is 5.16. The highest BCUT2D eigenvalue weighted by Crippen LogP contribution is 2.41. The maximum absolute atomic E-state index is 12.8. The predicted octanol–water partition coefficient (Wildman–Crippen LogP) is 6.07. The van der Waals surface area contributed by atoms with Crippen LogP contribution in [-0.2, 0) is 11.3 Å². The second-order valence-corrected chi connectivity index (χ2v) is 10.2. The van der Waals surface area contributed by atoms with Crippen molar-refractivity contribution in [2.45, 2.75) is 24.9 Å². The summed E-state index contributed by atoms with van der Waals surface area (Å²) in [5, 5.41) is 8.97. The van der Waals surface area contributed by atoms with Gasteiger partial charge in [0, 0.05) is 53.8 Å². The number of fused-ring (bicyclic) bond motifs is 1. The first kappa shape index (κ1) is 23.9. The third kappa shape index (κ3) is 5.47. The van der Waals surface area contributed by atoms with E-state index < -0.39 is 0 Å². The summed E-state index contributed by atoms with van der Waals surface area (Å²) >= 11 is 6.13. The van der Waals surface area contributed by atoms with Crippen LogP contribution in [0, 0.1) is 0 Å². The predicted molar refractivity (Wildman–Crippen MR) is 148 cm³/mol. The molecule has 2 fully saturated rings. The van der Waals surface area contributed by atoms with Gasteiger partial charge in [0.05, 0.1) is 24.6 Å². The molecule has 0 unspecified atom stereocenters. The Morgan fingerprint density at radius 1 is 1.00 bits per heavy atom. The molecule has 7 heteroatoms. The van der Waals surface area contributed by atoms with Crippen molar-refractivity contribution in [2.24, 2.45) is 0 Å². The molecular weight excluding hydrogens is 484 g/mol. The van der Waals surface area contributed by atoms with E-state index in [9.17, 15) is 4.79 Å². The summed E-state index contributed by atoms with van der Waals surface area (Å²) in [7, 11) is 0. The Balaban J connectivity index is 1.16. The summed E-state index contributed by atoms with van der Waals surface area (Å²) in [5.74, 6) is 0.308. The van der Waals surface area contributed by atoms with Crippen LogP contribution < -0.4 is 10.6 Å². The fraction of sp³-hybridized carbons (Fsp3) is 0.267. The van der Waals surface area contributed by atoms with E-state index in [4.69, 9.17) is 21.3 Å². The molecule has 2 atom stereocenters. The van der Waals surface area contributed by atoms with Crippen LogP contribution in [0.1, 0.15) is 23.6 Å². The Morgan fingerprint density at radius 3 is 2.62 bits per heavy atom. The Kier molecular flexibility index (Phi) is 6.79. The van der Waals surface area contributed by atoms with E-state index in [0.717, 1.165) is 83.1 Å². The number of hydrogen-bond donors (Lipinski definition) is 2. The molecule has 0 spiro atoms. The van der Waals surface area contributed by atoms with Crippen LogP contribution in [0.3, 0.4) is 0 Å². The SMILES string of the molecule is O=C(Nc1ccc(-c2ccc(CN3CCOCC3)nc2)c2ccccc12)N[C@@H]1C[C@H]1c1cccc(Cl)c1. The lowest BCUT2D eigenvalue weighted by atomic mass is 9.98. The van der Waals surface area contributed by atoms with Crippen molar-refractivity contribution in [1.29, 1.82) is 0 Å². The molecule has 1 aliphatic carbocycles. The maximum Gasteiger partial charge on any atom is 0.319 e. The fourth-order valence-electron chi connectivity index (χ4n) is 5.11.